The SMILES string of the molecule is NCc1cc(Cl)cc(C(=O)NN)c1NC(=O)c1ccnn1-c1ncccc1Cl. The van der Waals surface area contributed by atoms with Crippen molar-refractivity contribution in [1.29, 1.82) is 0 Å². The van der Waals surface area contributed by atoms with Gasteiger partial charge < -0.3 is 11.1 Å². The number of hydrogen-bond donors (Lipinski definition) is 4. The van der Waals surface area contributed by atoms with E-state index in [-0.39, 0.29) is 34.3 Å². The van der Waals surface area contributed by atoms with Crippen LogP contribution in [0.1, 0.15) is 26.4 Å². The molecule has 0 aliphatic heterocycles. The molecule has 0 unspecified atom stereocenters. The van der Waals surface area contributed by atoms with Crippen LogP contribution in [0.15, 0.2) is 42.7 Å². The van der Waals surface area contributed by atoms with E-state index in [1.165, 1.54) is 29.2 Å². The molecule has 144 valence electrons. The quantitative estimate of drug-likeness (QED) is 0.282. The van der Waals surface area contributed by atoms with Crippen LogP contribution in [0, 0.1) is 0 Å². The molecule has 0 radical (unpaired) electrons. The second-order valence-electron chi connectivity index (χ2n) is 5.56. The number of carbonyl (C=O) groups is 2. The Kier molecular flexibility index (Phi) is 5.90. The zero-order valence-corrected chi connectivity index (χ0v) is 15.8. The first-order chi connectivity index (χ1) is 13.5. The molecule has 0 bridgehead atoms. The molecule has 0 aliphatic rings. The van der Waals surface area contributed by atoms with Gasteiger partial charge in [-0.2, -0.15) is 5.10 Å². The van der Waals surface area contributed by atoms with Gasteiger partial charge in [-0.05, 0) is 35.9 Å². The predicted octanol–water partition coefficient (Wildman–Crippen LogP) is 1.89. The number of nitrogens with zero attached hydrogens (tertiary/aromatic N) is 3. The minimum absolute atomic E-state index is 0.0341. The molecular weight excluding hydrogens is 405 g/mol. The molecule has 1 aromatic carbocycles. The first-order valence-electron chi connectivity index (χ1n) is 7.96. The van der Waals surface area contributed by atoms with Gasteiger partial charge in [0.1, 0.15) is 5.69 Å². The van der Waals surface area contributed by atoms with Gasteiger partial charge in [-0.3, -0.25) is 15.0 Å². The number of carbonyl (C=O) groups excluding carboxylic acids is 2. The number of rotatable bonds is 5. The van der Waals surface area contributed by atoms with Gasteiger partial charge >= 0.3 is 0 Å². The van der Waals surface area contributed by atoms with E-state index in [0.717, 1.165) is 0 Å². The zero-order chi connectivity index (χ0) is 20.3. The number of hydrogen-bond acceptors (Lipinski definition) is 6. The summed E-state index contributed by atoms with van der Waals surface area (Å²) in [5.41, 5.74) is 8.64. The minimum atomic E-state index is -0.631. The summed E-state index contributed by atoms with van der Waals surface area (Å²) in [7, 11) is 0. The molecule has 0 fully saturated rings. The van der Waals surface area contributed by atoms with Crippen LogP contribution in [0.25, 0.3) is 5.82 Å². The monoisotopic (exact) mass is 419 g/mol. The molecule has 2 aromatic heterocycles. The fraction of sp³-hybridized carbons (Fsp3) is 0.0588. The van der Waals surface area contributed by atoms with Crippen molar-refractivity contribution in [3.8, 4) is 5.82 Å². The molecule has 2 amide bonds. The van der Waals surface area contributed by atoms with Gasteiger partial charge in [0.2, 0.25) is 0 Å². The number of hydrazine groups is 1. The zero-order valence-electron chi connectivity index (χ0n) is 14.3. The predicted molar refractivity (Wildman–Crippen MR) is 105 cm³/mol. The van der Waals surface area contributed by atoms with Crippen LogP contribution >= 0.6 is 23.2 Å². The van der Waals surface area contributed by atoms with E-state index >= 15 is 0 Å². The Labute approximate surface area is 169 Å². The van der Waals surface area contributed by atoms with Crippen LogP contribution in [0.2, 0.25) is 10.0 Å². The highest BCUT2D eigenvalue weighted by molar-refractivity contribution is 6.32. The number of aromatic nitrogens is 3. The molecule has 3 rings (SSSR count). The lowest BCUT2D eigenvalue weighted by molar-refractivity contribution is 0.0954. The smallest absolute Gasteiger partial charge is 0.274 e. The highest BCUT2D eigenvalue weighted by Crippen LogP contribution is 2.27. The van der Waals surface area contributed by atoms with Gasteiger partial charge in [0, 0.05) is 17.8 Å². The van der Waals surface area contributed by atoms with Crippen LogP contribution in [-0.4, -0.2) is 26.6 Å². The van der Waals surface area contributed by atoms with E-state index < -0.39 is 11.8 Å². The number of pyridine rings is 1. The molecule has 0 saturated heterocycles. The normalized spacial score (nSPS) is 10.6. The summed E-state index contributed by atoms with van der Waals surface area (Å²) in [5, 5.41) is 7.38. The number of nitrogen functional groups attached to an aromatic ring is 1. The largest absolute Gasteiger partial charge is 0.326 e. The minimum Gasteiger partial charge on any atom is -0.326 e. The van der Waals surface area contributed by atoms with Crippen molar-refractivity contribution < 1.29 is 9.59 Å². The molecule has 0 spiro atoms. The highest BCUT2D eigenvalue weighted by atomic mass is 35.5. The van der Waals surface area contributed by atoms with Gasteiger partial charge in [0.25, 0.3) is 11.8 Å². The Morgan fingerprint density at radius 3 is 2.61 bits per heavy atom. The van der Waals surface area contributed by atoms with Crippen molar-refractivity contribution in [3.63, 3.8) is 0 Å². The number of amides is 2. The maximum Gasteiger partial charge on any atom is 0.274 e. The number of halogens is 2. The molecular formula is C17H15Cl2N7O2. The van der Waals surface area contributed by atoms with E-state index in [1.807, 2.05) is 5.43 Å². The number of nitrogens with two attached hydrogens (primary N) is 2. The third kappa shape index (κ3) is 3.82. The second-order valence-corrected chi connectivity index (χ2v) is 6.40. The Hall–Kier alpha value is -2.98. The highest BCUT2D eigenvalue weighted by Gasteiger charge is 2.21. The summed E-state index contributed by atoms with van der Waals surface area (Å²) in [4.78, 5) is 29.2. The van der Waals surface area contributed by atoms with Crippen LogP contribution in [0.3, 0.4) is 0 Å². The molecule has 2 heterocycles. The van der Waals surface area contributed by atoms with Gasteiger partial charge in [0.15, 0.2) is 5.82 Å². The van der Waals surface area contributed by atoms with Crippen molar-refractivity contribution in [2.75, 3.05) is 5.32 Å². The third-order valence-corrected chi connectivity index (χ3v) is 4.35. The average Bonchev–Trinajstić information content (AvgIpc) is 3.18. The molecule has 0 atom stereocenters. The number of nitrogens with one attached hydrogen (secondary N) is 2. The molecule has 0 aliphatic carbocycles. The number of anilines is 1. The van der Waals surface area contributed by atoms with Crippen molar-refractivity contribution in [3.05, 3.63) is 69.6 Å². The van der Waals surface area contributed by atoms with Gasteiger partial charge in [0.05, 0.1) is 22.5 Å². The van der Waals surface area contributed by atoms with E-state index in [1.54, 1.807) is 18.2 Å². The summed E-state index contributed by atoms with van der Waals surface area (Å²) in [5.74, 6) is 4.34. The fourth-order valence-corrected chi connectivity index (χ4v) is 3.03. The second kappa shape index (κ2) is 8.36. The maximum absolute atomic E-state index is 12.9. The van der Waals surface area contributed by atoms with E-state index in [0.29, 0.717) is 10.6 Å². The van der Waals surface area contributed by atoms with Crippen LogP contribution in [0.5, 0.6) is 0 Å². The summed E-state index contributed by atoms with van der Waals surface area (Å²) in [6, 6.07) is 7.71. The Morgan fingerprint density at radius 2 is 1.93 bits per heavy atom. The molecule has 11 heteroatoms. The van der Waals surface area contributed by atoms with Crippen LogP contribution in [0.4, 0.5) is 5.69 Å². The van der Waals surface area contributed by atoms with E-state index in [2.05, 4.69) is 15.4 Å². The Balaban J connectivity index is 2.03. The first-order valence-corrected chi connectivity index (χ1v) is 8.71. The molecule has 0 saturated carbocycles. The van der Waals surface area contributed by atoms with Gasteiger partial charge in [-0.1, -0.05) is 23.2 Å². The van der Waals surface area contributed by atoms with Crippen LogP contribution in [-0.2, 0) is 6.54 Å². The summed E-state index contributed by atoms with van der Waals surface area (Å²) < 4.78 is 1.29. The summed E-state index contributed by atoms with van der Waals surface area (Å²) >= 11 is 12.2. The topological polar surface area (TPSA) is 141 Å². The molecule has 6 N–H and O–H groups in total. The number of benzene rings is 1. The Morgan fingerprint density at radius 1 is 1.14 bits per heavy atom. The van der Waals surface area contributed by atoms with Crippen molar-refractivity contribution >= 4 is 40.7 Å². The van der Waals surface area contributed by atoms with Crippen molar-refractivity contribution in [2.45, 2.75) is 6.54 Å². The fourth-order valence-electron chi connectivity index (χ4n) is 2.58. The Bertz CT molecular complexity index is 1050. The first kappa shape index (κ1) is 19.8. The van der Waals surface area contributed by atoms with Crippen molar-refractivity contribution in [1.82, 2.24) is 20.2 Å². The summed E-state index contributed by atoms with van der Waals surface area (Å²) in [6.07, 6.45) is 2.96. The van der Waals surface area contributed by atoms with Crippen LogP contribution < -0.4 is 22.3 Å². The average molecular weight is 420 g/mol. The maximum atomic E-state index is 12.9. The lowest BCUT2D eigenvalue weighted by Crippen LogP contribution is -2.31. The van der Waals surface area contributed by atoms with Gasteiger partial charge in [-0.15, -0.1) is 0 Å². The standard InChI is InChI=1S/C17H15Cl2N7O2/c18-10-6-9(8-20)14(11(7-10)16(27)25-21)24-17(28)13-3-5-23-26(13)15-12(19)2-1-4-22-15/h1-7H,8,20-21H2,(H,24,28)(H,25,27). The molecule has 3 aromatic rings. The molecule has 9 nitrogen and oxygen atoms in total. The third-order valence-electron chi connectivity index (χ3n) is 3.83. The van der Waals surface area contributed by atoms with E-state index in [9.17, 15) is 9.59 Å². The van der Waals surface area contributed by atoms with Gasteiger partial charge in [-0.25, -0.2) is 15.5 Å². The lowest BCUT2D eigenvalue weighted by Gasteiger charge is -2.15. The molecule has 28 heavy (non-hydrogen) atoms. The van der Waals surface area contributed by atoms with Crippen molar-refractivity contribution in [2.24, 2.45) is 11.6 Å². The summed E-state index contributed by atoms with van der Waals surface area (Å²) in [6.45, 7) is 0.0341. The lowest BCUT2D eigenvalue weighted by atomic mass is 10.1. The van der Waals surface area contributed by atoms with E-state index in [4.69, 9.17) is 34.8 Å².